The van der Waals surface area contributed by atoms with Gasteiger partial charge >= 0.3 is 0 Å². The molecule has 1 N–H and O–H groups in total. The normalized spacial score (nSPS) is 18.1. The van der Waals surface area contributed by atoms with Crippen LogP contribution in [0.1, 0.15) is 76.2 Å². The van der Waals surface area contributed by atoms with Crippen LogP contribution in [0.2, 0.25) is 36.3 Å². The van der Waals surface area contributed by atoms with Gasteiger partial charge in [-0.3, -0.25) is 0 Å². The van der Waals surface area contributed by atoms with Gasteiger partial charge in [-0.2, -0.15) is 0 Å². The van der Waals surface area contributed by atoms with Crippen molar-refractivity contribution >= 4 is 27.6 Å². The molecular weight excluding hydrogens is 414 g/mol. The van der Waals surface area contributed by atoms with E-state index in [2.05, 4.69) is 86.3 Å². The maximum atomic E-state index is 12.9. The highest BCUT2D eigenvalue weighted by atomic mass is 32.2. The Morgan fingerprint density at radius 3 is 1.55 bits per heavy atom. The molecule has 7 heteroatoms. The minimum absolute atomic E-state index is 0.0334. The van der Waals surface area contributed by atoms with E-state index in [1.807, 2.05) is 20.8 Å². The minimum Gasteiger partial charge on any atom is -0.414 e. The lowest BCUT2D eigenvalue weighted by Crippen LogP contribution is -2.57. The molecule has 0 rings (SSSR count). The van der Waals surface area contributed by atoms with Gasteiger partial charge in [0.2, 0.25) is 0 Å². The van der Waals surface area contributed by atoms with E-state index in [1.165, 1.54) is 0 Å². The molecule has 0 aromatic rings. The Bertz CT molecular complexity index is 544. The first-order valence-corrected chi connectivity index (χ1v) is 18.0. The Balaban J connectivity index is 5.88. The van der Waals surface area contributed by atoms with Crippen LogP contribution in [0.5, 0.6) is 0 Å². The molecule has 0 spiro atoms. The summed E-state index contributed by atoms with van der Waals surface area (Å²) in [7, 11) is -5.09. The van der Waals surface area contributed by atoms with Crippen molar-refractivity contribution in [1.29, 1.82) is 0 Å². The maximum Gasteiger partial charge on any atom is 0.192 e. The molecule has 0 aromatic carbocycles. The first-order chi connectivity index (χ1) is 12.5. The zero-order valence-corrected chi connectivity index (χ0v) is 24.9. The number of hydrogen-bond donors (Lipinski definition) is 1. The Morgan fingerprint density at radius 2 is 1.24 bits per heavy atom. The second-order valence-corrected chi connectivity index (χ2v) is 24.3. The summed E-state index contributed by atoms with van der Waals surface area (Å²) >= 11 is 0. The molecule has 0 unspecified atom stereocenters. The third kappa shape index (κ3) is 8.85. The fourth-order valence-corrected chi connectivity index (χ4v) is 5.58. The van der Waals surface area contributed by atoms with E-state index >= 15 is 0 Å². The zero-order chi connectivity index (χ0) is 23.6. The molecular formula is C22H51NO3SSi2. The van der Waals surface area contributed by atoms with Crippen LogP contribution in [0.25, 0.3) is 0 Å². The number of rotatable bonds is 9. The molecule has 29 heavy (non-hydrogen) atoms. The van der Waals surface area contributed by atoms with Crippen molar-refractivity contribution in [1.82, 2.24) is 4.72 Å². The lowest BCUT2D eigenvalue weighted by molar-refractivity contribution is 0.0687. The minimum atomic E-state index is -2.02. The summed E-state index contributed by atoms with van der Waals surface area (Å²) in [4.78, 5) is 0. The third-order valence-corrected chi connectivity index (χ3v) is 17.2. The lowest BCUT2D eigenvalue weighted by Gasteiger charge is -2.44. The smallest absolute Gasteiger partial charge is 0.192 e. The van der Waals surface area contributed by atoms with Crippen LogP contribution in [0.4, 0.5) is 0 Å². The van der Waals surface area contributed by atoms with Crippen molar-refractivity contribution in [2.24, 2.45) is 5.92 Å². The van der Waals surface area contributed by atoms with Gasteiger partial charge in [0.15, 0.2) is 16.6 Å². The second-order valence-electron chi connectivity index (χ2n) is 12.8. The molecule has 0 saturated heterocycles. The highest BCUT2D eigenvalue weighted by molar-refractivity contribution is 7.84. The van der Waals surface area contributed by atoms with Crippen molar-refractivity contribution < 1.29 is 13.1 Å². The summed E-state index contributed by atoms with van der Waals surface area (Å²) in [6.07, 6.45) is -0.128. The molecule has 0 aliphatic heterocycles. The fraction of sp³-hybridized carbons (Fsp3) is 1.00. The monoisotopic (exact) mass is 465 g/mol. The van der Waals surface area contributed by atoms with Crippen LogP contribution in [-0.4, -0.2) is 44.3 Å². The lowest BCUT2D eigenvalue weighted by atomic mass is 10.0. The first kappa shape index (κ1) is 29.5. The molecule has 0 aliphatic rings. The highest BCUT2D eigenvalue weighted by Gasteiger charge is 2.44. The standard InChI is InChI=1S/C22H51NO3SSi2/c1-17(2)19(23-27(24)20(3,4)5)18(26-29(14,15)22(9,10)11)16-25-28(12,13)21(6,7)8/h17-19,23H,16H2,1-15H3/t18-,19+,27+/m1/s1. The average Bonchev–Trinajstić information content (AvgIpc) is 2.45. The molecule has 0 saturated carbocycles. The molecule has 4 nitrogen and oxygen atoms in total. The predicted octanol–water partition coefficient (Wildman–Crippen LogP) is 6.48. The van der Waals surface area contributed by atoms with Crippen molar-refractivity contribution in [2.45, 2.75) is 129 Å². The SMILES string of the molecule is CC(C)[C@H](N[S@@](=O)C(C)(C)C)[C@@H](CO[Si](C)(C)C(C)(C)C)O[Si](C)(C)C(C)(C)C. The molecule has 0 bridgehead atoms. The van der Waals surface area contributed by atoms with Gasteiger partial charge in [-0.15, -0.1) is 0 Å². The molecule has 0 amide bonds. The fourth-order valence-electron chi connectivity index (χ4n) is 2.21. The van der Waals surface area contributed by atoms with E-state index in [9.17, 15) is 4.21 Å². The Labute approximate surface area is 187 Å². The van der Waals surface area contributed by atoms with E-state index in [-0.39, 0.29) is 32.9 Å². The van der Waals surface area contributed by atoms with Crippen LogP contribution in [0, 0.1) is 5.92 Å². The molecule has 0 aromatic heterocycles. The summed E-state index contributed by atoms with van der Waals surface area (Å²) in [5.41, 5.74) is 0. The van der Waals surface area contributed by atoms with E-state index in [1.54, 1.807) is 0 Å². The van der Waals surface area contributed by atoms with Gasteiger partial charge in [-0.1, -0.05) is 55.4 Å². The van der Waals surface area contributed by atoms with Gasteiger partial charge < -0.3 is 8.85 Å². The van der Waals surface area contributed by atoms with E-state index in [0.717, 1.165) is 0 Å². The number of nitrogens with one attached hydrogen (secondary N) is 1. The molecule has 0 fully saturated rings. The van der Waals surface area contributed by atoms with Crippen molar-refractivity contribution in [3.8, 4) is 0 Å². The van der Waals surface area contributed by atoms with Crippen molar-refractivity contribution in [3.05, 3.63) is 0 Å². The van der Waals surface area contributed by atoms with Gasteiger partial charge in [-0.05, 0) is 63.0 Å². The Kier molecular flexibility index (Phi) is 10.1. The van der Waals surface area contributed by atoms with Gasteiger partial charge in [-0.25, -0.2) is 8.93 Å². The maximum absolute atomic E-state index is 12.9. The van der Waals surface area contributed by atoms with Crippen molar-refractivity contribution in [2.75, 3.05) is 6.61 Å². The first-order valence-electron chi connectivity index (χ1n) is 11.0. The van der Waals surface area contributed by atoms with Crippen molar-refractivity contribution in [3.63, 3.8) is 0 Å². The largest absolute Gasteiger partial charge is 0.414 e. The van der Waals surface area contributed by atoms with Gasteiger partial charge in [0, 0.05) is 6.04 Å². The van der Waals surface area contributed by atoms with Gasteiger partial charge in [0.1, 0.15) is 0 Å². The summed E-state index contributed by atoms with van der Waals surface area (Å²) in [5, 5.41) is 0.246. The van der Waals surface area contributed by atoms with E-state index in [4.69, 9.17) is 8.85 Å². The average molecular weight is 466 g/mol. The van der Waals surface area contributed by atoms with Crippen LogP contribution >= 0.6 is 0 Å². The van der Waals surface area contributed by atoms with Gasteiger partial charge in [0.05, 0.1) is 28.4 Å². The van der Waals surface area contributed by atoms with Crippen LogP contribution in [0.3, 0.4) is 0 Å². The third-order valence-electron chi connectivity index (χ3n) is 6.58. The molecule has 3 atom stereocenters. The van der Waals surface area contributed by atoms with Crippen LogP contribution in [-0.2, 0) is 19.8 Å². The summed E-state index contributed by atoms with van der Waals surface area (Å²) < 4.78 is 29.5. The zero-order valence-electron chi connectivity index (χ0n) is 22.1. The Hall–Kier alpha value is 0.464. The molecule has 0 radical (unpaired) electrons. The van der Waals surface area contributed by atoms with E-state index in [0.29, 0.717) is 6.61 Å². The topological polar surface area (TPSA) is 47.6 Å². The van der Waals surface area contributed by atoms with E-state index < -0.39 is 27.6 Å². The van der Waals surface area contributed by atoms with Crippen LogP contribution < -0.4 is 4.72 Å². The molecule has 0 aliphatic carbocycles. The summed E-state index contributed by atoms with van der Waals surface area (Å²) in [5.74, 6) is 0.277. The molecule has 176 valence electrons. The highest BCUT2D eigenvalue weighted by Crippen LogP contribution is 2.40. The summed E-state index contributed by atoms with van der Waals surface area (Å²) in [6, 6.07) is -0.0334. The summed E-state index contributed by atoms with van der Waals surface area (Å²) in [6.45, 7) is 33.6. The second kappa shape index (κ2) is 9.94. The predicted molar refractivity (Wildman–Crippen MR) is 135 cm³/mol. The van der Waals surface area contributed by atoms with Gasteiger partial charge in [0.25, 0.3) is 0 Å². The molecule has 0 heterocycles. The Morgan fingerprint density at radius 1 is 0.828 bits per heavy atom. The number of hydrogen-bond acceptors (Lipinski definition) is 3. The quantitative estimate of drug-likeness (QED) is 0.397. The van der Waals surface area contributed by atoms with Crippen LogP contribution in [0.15, 0.2) is 0 Å².